The lowest BCUT2D eigenvalue weighted by molar-refractivity contribution is -0.144. The van der Waals surface area contributed by atoms with Gasteiger partial charge in [-0.2, -0.15) is 0 Å². The Kier molecular flexibility index (Phi) is 5.36. The fraction of sp³-hybridized carbons (Fsp3) is 0.450. The summed E-state index contributed by atoms with van der Waals surface area (Å²) in [6.45, 7) is 5.33. The Hall–Kier alpha value is -2.07. The van der Waals surface area contributed by atoms with Crippen molar-refractivity contribution in [3.63, 3.8) is 0 Å². The number of carboxylic acids is 1. The molecule has 0 amide bonds. The van der Waals surface area contributed by atoms with Gasteiger partial charge >= 0.3 is 5.97 Å². The fourth-order valence-electron chi connectivity index (χ4n) is 3.56. The van der Waals surface area contributed by atoms with Crippen LogP contribution in [0.3, 0.4) is 0 Å². The third-order valence-electron chi connectivity index (χ3n) is 4.69. The van der Waals surface area contributed by atoms with E-state index in [-0.39, 0.29) is 5.92 Å². The van der Waals surface area contributed by atoms with Crippen LogP contribution in [0, 0.1) is 11.8 Å². The van der Waals surface area contributed by atoms with Gasteiger partial charge < -0.3 is 14.7 Å². The molecule has 2 unspecified atom stereocenters. The van der Waals surface area contributed by atoms with Gasteiger partial charge in [-0.25, -0.2) is 0 Å². The fourth-order valence-corrected chi connectivity index (χ4v) is 3.56. The summed E-state index contributed by atoms with van der Waals surface area (Å²) < 4.78 is 5.86. The van der Waals surface area contributed by atoms with Crippen molar-refractivity contribution >= 4 is 16.7 Å². The summed E-state index contributed by atoms with van der Waals surface area (Å²) in [5.41, 5.74) is 0. The summed E-state index contributed by atoms with van der Waals surface area (Å²) in [4.78, 5) is 13.5. The van der Waals surface area contributed by atoms with E-state index in [1.807, 2.05) is 18.2 Å². The zero-order valence-corrected chi connectivity index (χ0v) is 14.1. The molecule has 0 radical (unpaired) electrons. The van der Waals surface area contributed by atoms with Crippen molar-refractivity contribution < 1.29 is 14.6 Å². The van der Waals surface area contributed by atoms with E-state index >= 15 is 0 Å². The highest BCUT2D eigenvalue weighted by molar-refractivity contribution is 5.83. The van der Waals surface area contributed by atoms with Gasteiger partial charge in [0.15, 0.2) is 0 Å². The van der Waals surface area contributed by atoms with Crippen LogP contribution >= 0.6 is 0 Å². The lowest BCUT2D eigenvalue weighted by Gasteiger charge is -2.34. The van der Waals surface area contributed by atoms with Gasteiger partial charge in [-0.15, -0.1) is 0 Å². The van der Waals surface area contributed by atoms with E-state index in [1.165, 1.54) is 10.8 Å². The molecule has 1 aliphatic heterocycles. The Balaban J connectivity index is 1.46. The maximum atomic E-state index is 11.2. The van der Waals surface area contributed by atoms with Crippen LogP contribution in [0.1, 0.15) is 19.8 Å². The standard InChI is InChI=1S/C20H25NO3/c1-15-11-18(20(22)23)14-21(13-15)9-4-10-24-19-8-7-16-5-2-3-6-17(16)12-19/h2-3,5-8,12,15,18H,4,9-11,13-14H2,1H3,(H,22,23). The number of rotatable bonds is 6. The van der Waals surface area contributed by atoms with Gasteiger partial charge in [-0.05, 0) is 41.7 Å². The molecule has 2 aromatic rings. The van der Waals surface area contributed by atoms with E-state index in [4.69, 9.17) is 4.74 Å². The predicted molar refractivity (Wildman–Crippen MR) is 95.4 cm³/mol. The lowest BCUT2D eigenvalue weighted by Crippen LogP contribution is -2.43. The van der Waals surface area contributed by atoms with Gasteiger partial charge in [-0.3, -0.25) is 4.79 Å². The van der Waals surface area contributed by atoms with E-state index in [0.29, 0.717) is 19.1 Å². The first kappa shape index (κ1) is 16.8. The summed E-state index contributed by atoms with van der Waals surface area (Å²) >= 11 is 0. The topological polar surface area (TPSA) is 49.8 Å². The van der Waals surface area contributed by atoms with Crippen LogP contribution in [0.15, 0.2) is 42.5 Å². The number of piperidine rings is 1. The number of hydrogen-bond acceptors (Lipinski definition) is 3. The van der Waals surface area contributed by atoms with Crippen LogP contribution in [-0.4, -0.2) is 42.2 Å². The van der Waals surface area contributed by atoms with Crippen molar-refractivity contribution in [3.8, 4) is 5.75 Å². The summed E-state index contributed by atoms with van der Waals surface area (Å²) in [5.74, 6) is 0.444. The highest BCUT2D eigenvalue weighted by Crippen LogP contribution is 2.23. The number of carboxylic acid groups (broad SMARTS) is 1. The van der Waals surface area contributed by atoms with E-state index in [0.717, 1.165) is 31.7 Å². The average Bonchev–Trinajstić information content (AvgIpc) is 2.58. The number of fused-ring (bicyclic) bond motifs is 1. The van der Waals surface area contributed by atoms with Crippen molar-refractivity contribution in [3.05, 3.63) is 42.5 Å². The predicted octanol–water partition coefficient (Wildman–Crippen LogP) is 3.65. The summed E-state index contributed by atoms with van der Waals surface area (Å²) in [7, 11) is 0. The van der Waals surface area contributed by atoms with Crippen LogP contribution in [-0.2, 0) is 4.79 Å². The second kappa shape index (κ2) is 7.67. The SMILES string of the molecule is CC1CC(C(=O)O)CN(CCCOc2ccc3ccccc3c2)C1. The molecule has 1 fully saturated rings. The van der Waals surface area contributed by atoms with Crippen molar-refractivity contribution in [2.75, 3.05) is 26.2 Å². The van der Waals surface area contributed by atoms with Gasteiger partial charge in [0.1, 0.15) is 5.75 Å². The van der Waals surface area contributed by atoms with Crippen molar-refractivity contribution in [2.24, 2.45) is 11.8 Å². The second-order valence-electron chi connectivity index (χ2n) is 6.85. The summed E-state index contributed by atoms with van der Waals surface area (Å²) in [5, 5.41) is 11.6. The Morgan fingerprint density at radius 1 is 1.21 bits per heavy atom. The smallest absolute Gasteiger partial charge is 0.307 e. The minimum Gasteiger partial charge on any atom is -0.494 e. The Morgan fingerprint density at radius 3 is 2.79 bits per heavy atom. The number of nitrogens with zero attached hydrogens (tertiary/aromatic N) is 1. The van der Waals surface area contributed by atoms with Crippen LogP contribution in [0.4, 0.5) is 0 Å². The van der Waals surface area contributed by atoms with Crippen LogP contribution < -0.4 is 4.74 Å². The third-order valence-corrected chi connectivity index (χ3v) is 4.69. The molecule has 24 heavy (non-hydrogen) atoms. The van der Waals surface area contributed by atoms with E-state index in [1.54, 1.807) is 0 Å². The molecule has 0 aromatic heterocycles. The minimum atomic E-state index is -0.668. The average molecular weight is 327 g/mol. The normalized spacial score (nSPS) is 21.7. The van der Waals surface area contributed by atoms with Crippen molar-refractivity contribution in [2.45, 2.75) is 19.8 Å². The molecule has 0 aliphatic carbocycles. The molecule has 0 bridgehead atoms. The number of ether oxygens (including phenoxy) is 1. The van der Waals surface area contributed by atoms with Crippen molar-refractivity contribution in [1.29, 1.82) is 0 Å². The molecular weight excluding hydrogens is 302 g/mol. The van der Waals surface area contributed by atoms with Gasteiger partial charge in [0.2, 0.25) is 0 Å². The molecule has 0 spiro atoms. The molecule has 3 rings (SSSR count). The third kappa shape index (κ3) is 4.26. The van der Waals surface area contributed by atoms with Gasteiger partial charge in [0, 0.05) is 19.6 Å². The zero-order valence-electron chi connectivity index (χ0n) is 14.1. The molecule has 4 nitrogen and oxygen atoms in total. The van der Waals surface area contributed by atoms with E-state index in [2.05, 4.69) is 36.1 Å². The summed E-state index contributed by atoms with van der Waals surface area (Å²) in [6, 6.07) is 14.4. The molecular formula is C20H25NO3. The number of hydrogen-bond donors (Lipinski definition) is 1. The number of likely N-dealkylation sites (tertiary alicyclic amines) is 1. The first-order chi connectivity index (χ1) is 11.6. The van der Waals surface area contributed by atoms with Gasteiger partial charge in [-0.1, -0.05) is 37.3 Å². The van der Waals surface area contributed by atoms with Gasteiger partial charge in [0.25, 0.3) is 0 Å². The first-order valence-electron chi connectivity index (χ1n) is 8.68. The maximum Gasteiger partial charge on any atom is 0.307 e. The molecule has 2 aromatic carbocycles. The van der Waals surface area contributed by atoms with E-state index < -0.39 is 5.97 Å². The number of aliphatic carboxylic acids is 1. The number of carbonyl (C=O) groups is 1. The van der Waals surface area contributed by atoms with Crippen molar-refractivity contribution in [1.82, 2.24) is 4.90 Å². The highest BCUT2D eigenvalue weighted by Gasteiger charge is 2.28. The lowest BCUT2D eigenvalue weighted by atomic mass is 9.90. The first-order valence-corrected chi connectivity index (χ1v) is 8.68. The molecule has 4 heteroatoms. The maximum absolute atomic E-state index is 11.2. The van der Waals surface area contributed by atoms with Crippen LogP contribution in [0.25, 0.3) is 10.8 Å². The quantitative estimate of drug-likeness (QED) is 0.823. The molecule has 128 valence electrons. The molecule has 1 heterocycles. The van der Waals surface area contributed by atoms with E-state index in [9.17, 15) is 9.90 Å². The Bertz CT molecular complexity index is 700. The Labute approximate surface area is 143 Å². The number of benzene rings is 2. The monoisotopic (exact) mass is 327 g/mol. The zero-order chi connectivity index (χ0) is 16.9. The van der Waals surface area contributed by atoms with Gasteiger partial charge in [0.05, 0.1) is 12.5 Å². The molecule has 0 saturated carbocycles. The molecule has 2 atom stereocenters. The highest BCUT2D eigenvalue weighted by atomic mass is 16.5. The molecule has 1 N–H and O–H groups in total. The second-order valence-corrected chi connectivity index (χ2v) is 6.85. The minimum absolute atomic E-state index is 0.227. The Morgan fingerprint density at radius 2 is 2.00 bits per heavy atom. The van der Waals surface area contributed by atoms with Crippen LogP contribution in [0.5, 0.6) is 5.75 Å². The summed E-state index contributed by atoms with van der Waals surface area (Å²) in [6.07, 6.45) is 1.70. The van der Waals surface area contributed by atoms with Crippen LogP contribution in [0.2, 0.25) is 0 Å². The largest absolute Gasteiger partial charge is 0.494 e. The molecule has 1 saturated heterocycles. The molecule has 1 aliphatic rings.